The molecule has 0 unspecified atom stereocenters. The Labute approximate surface area is 62.4 Å². The second-order valence-corrected chi connectivity index (χ2v) is 2.40. The molecule has 0 amide bonds. The molecular formula is C9H14O. The van der Waals surface area contributed by atoms with Crippen LogP contribution < -0.4 is 0 Å². The summed E-state index contributed by atoms with van der Waals surface area (Å²) >= 11 is 0. The number of carbonyl (C=O) groups excluding carboxylic acids is 1. The summed E-state index contributed by atoms with van der Waals surface area (Å²) in [6.07, 6.45) is 2.53. The molecule has 0 N–H and O–H groups in total. The molecule has 0 saturated heterocycles. The standard InChI is InChI=1S/C9H14O/c1-5-7(2)8(3)6-9(4)10/h6H,2,5H2,1,3-4H3/b8-6+. The van der Waals surface area contributed by atoms with Crippen LogP contribution in [0.2, 0.25) is 0 Å². The summed E-state index contributed by atoms with van der Waals surface area (Å²) in [6, 6.07) is 0. The quantitative estimate of drug-likeness (QED) is 0.432. The maximum Gasteiger partial charge on any atom is 0.152 e. The van der Waals surface area contributed by atoms with E-state index in [2.05, 4.69) is 6.58 Å². The first kappa shape index (κ1) is 9.15. The van der Waals surface area contributed by atoms with Gasteiger partial charge in [-0.2, -0.15) is 0 Å². The van der Waals surface area contributed by atoms with E-state index in [1.165, 1.54) is 0 Å². The van der Waals surface area contributed by atoms with Gasteiger partial charge in [0, 0.05) is 0 Å². The van der Waals surface area contributed by atoms with Gasteiger partial charge in [0.2, 0.25) is 0 Å². The number of ketones is 1. The topological polar surface area (TPSA) is 17.1 Å². The molecule has 0 rings (SSSR count). The van der Waals surface area contributed by atoms with E-state index in [4.69, 9.17) is 0 Å². The summed E-state index contributed by atoms with van der Waals surface area (Å²) in [5, 5.41) is 0. The van der Waals surface area contributed by atoms with Crippen molar-refractivity contribution < 1.29 is 4.79 Å². The van der Waals surface area contributed by atoms with E-state index in [9.17, 15) is 4.79 Å². The lowest BCUT2D eigenvalue weighted by atomic mass is 10.1. The highest BCUT2D eigenvalue weighted by Crippen LogP contribution is 2.09. The fourth-order valence-corrected chi connectivity index (χ4v) is 0.686. The molecule has 0 aliphatic heterocycles. The molecule has 0 aromatic rings. The van der Waals surface area contributed by atoms with E-state index in [1.54, 1.807) is 13.0 Å². The Hall–Kier alpha value is -0.850. The molecule has 0 aliphatic rings. The fraction of sp³-hybridized carbons (Fsp3) is 0.444. The van der Waals surface area contributed by atoms with Crippen LogP contribution in [-0.4, -0.2) is 5.78 Å². The Bertz CT molecular complexity index is 175. The van der Waals surface area contributed by atoms with Crippen LogP contribution >= 0.6 is 0 Å². The SMILES string of the molecule is C=C(CC)/C(C)=C/C(C)=O. The van der Waals surface area contributed by atoms with Gasteiger partial charge in [-0.15, -0.1) is 0 Å². The minimum absolute atomic E-state index is 0.0899. The Morgan fingerprint density at radius 2 is 2.00 bits per heavy atom. The van der Waals surface area contributed by atoms with Crippen LogP contribution in [-0.2, 0) is 4.79 Å². The summed E-state index contributed by atoms with van der Waals surface area (Å²) in [5.41, 5.74) is 2.03. The number of hydrogen-bond donors (Lipinski definition) is 0. The van der Waals surface area contributed by atoms with Gasteiger partial charge in [-0.3, -0.25) is 4.79 Å². The van der Waals surface area contributed by atoms with E-state index in [0.717, 1.165) is 17.6 Å². The third-order valence-electron chi connectivity index (χ3n) is 1.40. The molecule has 1 nitrogen and oxygen atoms in total. The number of carbonyl (C=O) groups is 1. The Morgan fingerprint density at radius 1 is 1.50 bits per heavy atom. The first-order chi connectivity index (χ1) is 4.57. The monoisotopic (exact) mass is 138 g/mol. The van der Waals surface area contributed by atoms with Gasteiger partial charge in [0.1, 0.15) is 0 Å². The zero-order chi connectivity index (χ0) is 8.15. The highest BCUT2D eigenvalue weighted by atomic mass is 16.1. The molecule has 0 heterocycles. The van der Waals surface area contributed by atoms with Crippen molar-refractivity contribution in [1.29, 1.82) is 0 Å². The zero-order valence-electron chi connectivity index (χ0n) is 6.90. The third kappa shape index (κ3) is 3.23. The molecule has 0 spiro atoms. The predicted molar refractivity (Wildman–Crippen MR) is 43.9 cm³/mol. The second kappa shape index (κ2) is 4.04. The molecule has 0 fully saturated rings. The first-order valence-corrected chi connectivity index (χ1v) is 3.45. The van der Waals surface area contributed by atoms with Crippen molar-refractivity contribution in [3.63, 3.8) is 0 Å². The van der Waals surface area contributed by atoms with Crippen molar-refractivity contribution in [2.45, 2.75) is 27.2 Å². The van der Waals surface area contributed by atoms with Crippen LogP contribution in [0.1, 0.15) is 27.2 Å². The van der Waals surface area contributed by atoms with Crippen molar-refractivity contribution in [2.24, 2.45) is 0 Å². The van der Waals surface area contributed by atoms with Gasteiger partial charge in [0.15, 0.2) is 5.78 Å². The molecule has 10 heavy (non-hydrogen) atoms. The van der Waals surface area contributed by atoms with Crippen LogP contribution in [0.25, 0.3) is 0 Å². The number of rotatable bonds is 3. The fourth-order valence-electron chi connectivity index (χ4n) is 0.686. The third-order valence-corrected chi connectivity index (χ3v) is 1.40. The van der Waals surface area contributed by atoms with Crippen LogP contribution in [0.4, 0.5) is 0 Å². The van der Waals surface area contributed by atoms with Crippen molar-refractivity contribution in [2.75, 3.05) is 0 Å². The van der Waals surface area contributed by atoms with E-state index in [1.807, 2.05) is 13.8 Å². The Morgan fingerprint density at radius 3 is 2.30 bits per heavy atom. The molecule has 0 atom stereocenters. The van der Waals surface area contributed by atoms with Crippen molar-refractivity contribution in [3.8, 4) is 0 Å². The van der Waals surface area contributed by atoms with Crippen LogP contribution in [0.15, 0.2) is 23.8 Å². The highest BCUT2D eigenvalue weighted by molar-refractivity contribution is 5.88. The molecule has 0 aromatic heterocycles. The van der Waals surface area contributed by atoms with Gasteiger partial charge in [0.05, 0.1) is 0 Å². The largest absolute Gasteiger partial charge is 0.295 e. The maximum absolute atomic E-state index is 10.6. The average molecular weight is 138 g/mol. The summed E-state index contributed by atoms with van der Waals surface area (Å²) in [6.45, 7) is 9.29. The van der Waals surface area contributed by atoms with Crippen molar-refractivity contribution >= 4 is 5.78 Å². The van der Waals surface area contributed by atoms with Crippen molar-refractivity contribution in [1.82, 2.24) is 0 Å². The van der Waals surface area contributed by atoms with Crippen LogP contribution in [0.5, 0.6) is 0 Å². The first-order valence-electron chi connectivity index (χ1n) is 3.45. The predicted octanol–water partition coefficient (Wildman–Crippen LogP) is 2.49. The molecule has 0 aliphatic carbocycles. The Kier molecular flexibility index (Phi) is 3.70. The average Bonchev–Trinajstić information content (AvgIpc) is 1.85. The minimum atomic E-state index is 0.0899. The lowest BCUT2D eigenvalue weighted by Crippen LogP contribution is -1.87. The van der Waals surface area contributed by atoms with Gasteiger partial charge in [-0.25, -0.2) is 0 Å². The van der Waals surface area contributed by atoms with Gasteiger partial charge in [0.25, 0.3) is 0 Å². The molecule has 0 saturated carbocycles. The molecule has 0 radical (unpaired) electrons. The highest BCUT2D eigenvalue weighted by Gasteiger charge is 1.93. The lowest BCUT2D eigenvalue weighted by molar-refractivity contribution is -0.112. The second-order valence-electron chi connectivity index (χ2n) is 2.40. The Balaban J connectivity index is 4.19. The van der Waals surface area contributed by atoms with Gasteiger partial charge < -0.3 is 0 Å². The normalized spacial score (nSPS) is 11.3. The van der Waals surface area contributed by atoms with E-state index in [-0.39, 0.29) is 5.78 Å². The van der Waals surface area contributed by atoms with Gasteiger partial charge in [-0.1, -0.05) is 19.1 Å². The molecular weight excluding hydrogens is 124 g/mol. The molecule has 1 heteroatoms. The summed E-state index contributed by atoms with van der Waals surface area (Å²) in [7, 11) is 0. The summed E-state index contributed by atoms with van der Waals surface area (Å²) in [5.74, 6) is 0.0899. The van der Waals surface area contributed by atoms with Crippen LogP contribution in [0.3, 0.4) is 0 Å². The van der Waals surface area contributed by atoms with E-state index in [0.29, 0.717) is 0 Å². The van der Waals surface area contributed by atoms with E-state index < -0.39 is 0 Å². The van der Waals surface area contributed by atoms with Crippen LogP contribution in [0, 0.1) is 0 Å². The molecule has 0 bridgehead atoms. The zero-order valence-corrected chi connectivity index (χ0v) is 6.90. The smallest absolute Gasteiger partial charge is 0.152 e. The van der Waals surface area contributed by atoms with Crippen molar-refractivity contribution in [3.05, 3.63) is 23.8 Å². The molecule has 0 aromatic carbocycles. The maximum atomic E-state index is 10.6. The molecule has 56 valence electrons. The minimum Gasteiger partial charge on any atom is -0.295 e. The summed E-state index contributed by atoms with van der Waals surface area (Å²) in [4.78, 5) is 10.6. The number of hydrogen-bond acceptors (Lipinski definition) is 1. The van der Waals surface area contributed by atoms with E-state index >= 15 is 0 Å². The summed E-state index contributed by atoms with van der Waals surface area (Å²) < 4.78 is 0. The van der Waals surface area contributed by atoms with Gasteiger partial charge >= 0.3 is 0 Å². The van der Waals surface area contributed by atoms with Gasteiger partial charge in [-0.05, 0) is 31.9 Å². The number of allylic oxidation sites excluding steroid dienone is 3. The lowest BCUT2D eigenvalue weighted by Gasteiger charge is -1.99.